The van der Waals surface area contributed by atoms with Gasteiger partial charge in [-0.1, -0.05) is 18.2 Å². The fourth-order valence-corrected chi connectivity index (χ4v) is 4.48. The standard InChI is InChI=1S/C24H32N2O4/c27-23(25-21-2-1-3-21)20-6-4-18(5-7-20)19-8-10-22(11-9-19)30-16-17-12-14-26(15-13-17)24(28)29/h4,8-11,17,20-21H,1-3,5-7,12-16H2,(H,25,27)(H,28,29). The van der Waals surface area contributed by atoms with Gasteiger partial charge in [0.2, 0.25) is 5.91 Å². The number of nitrogens with one attached hydrogen (secondary N) is 1. The van der Waals surface area contributed by atoms with E-state index in [0.717, 1.165) is 50.7 Å². The van der Waals surface area contributed by atoms with Crippen molar-refractivity contribution in [3.63, 3.8) is 0 Å². The molecule has 1 aromatic rings. The van der Waals surface area contributed by atoms with Crippen molar-refractivity contribution in [3.05, 3.63) is 35.9 Å². The minimum Gasteiger partial charge on any atom is -0.493 e. The molecule has 162 valence electrons. The summed E-state index contributed by atoms with van der Waals surface area (Å²) in [6.45, 7) is 1.82. The number of amides is 2. The Morgan fingerprint density at radius 1 is 1.07 bits per heavy atom. The molecule has 1 unspecified atom stereocenters. The Morgan fingerprint density at radius 3 is 2.37 bits per heavy atom. The van der Waals surface area contributed by atoms with E-state index in [2.05, 4.69) is 23.5 Å². The molecule has 2 N–H and O–H groups in total. The van der Waals surface area contributed by atoms with Gasteiger partial charge in [-0.05, 0) is 80.6 Å². The Hall–Kier alpha value is -2.50. The largest absolute Gasteiger partial charge is 0.493 e. The van der Waals surface area contributed by atoms with Crippen molar-refractivity contribution in [2.45, 2.75) is 57.4 Å². The van der Waals surface area contributed by atoms with Crippen LogP contribution in [0.25, 0.3) is 5.57 Å². The highest BCUT2D eigenvalue weighted by Crippen LogP contribution is 2.32. The fraction of sp³-hybridized carbons (Fsp3) is 0.583. The summed E-state index contributed by atoms with van der Waals surface area (Å²) >= 11 is 0. The maximum absolute atomic E-state index is 12.4. The third-order valence-electron chi connectivity index (χ3n) is 6.83. The molecule has 30 heavy (non-hydrogen) atoms. The number of allylic oxidation sites excluding steroid dienone is 2. The summed E-state index contributed by atoms with van der Waals surface area (Å²) in [6, 6.07) is 8.64. The Morgan fingerprint density at radius 2 is 1.80 bits per heavy atom. The molecule has 1 aromatic carbocycles. The fourth-order valence-electron chi connectivity index (χ4n) is 4.48. The minimum absolute atomic E-state index is 0.115. The first-order chi connectivity index (χ1) is 14.6. The highest BCUT2D eigenvalue weighted by molar-refractivity contribution is 5.81. The zero-order valence-corrected chi connectivity index (χ0v) is 17.5. The zero-order chi connectivity index (χ0) is 20.9. The topological polar surface area (TPSA) is 78.9 Å². The number of ether oxygens (including phenoxy) is 1. The SMILES string of the molecule is O=C(NC1CCC1)C1CC=C(c2ccc(OCC3CCN(C(=O)O)CC3)cc2)CC1. The molecule has 0 radical (unpaired) electrons. The molecular formula is C24H32N2O4. The van der Waals surface area contributed by atoms with Gasteiger partial charge in [0.15, 0.2) is 0 Å². The molecule has 2 fully saturated rings. The Balaban J connectivity index is 1.23. The third-order valence-corrected chi connectivity index (χ3v) is 6.83. The van der Waals surface area contributed by atoms with E-state index < -0.39 is 6.09 Å². The lowest BCUT2D eigenvalue weighted by atomic mass is 9.85. The number of nitrogens with zero attached hydrogens (tertiary/aromatic N) is 1. The first kappa shape index (κ1) is 20.8. The molecule has 6 nitrogen and oxygen atoms in total. The number of hydrogen-bond donors (Lipinski definition) is 2. The van der Waals surface area contributed by atoms with Crippen LogP contribution in [0.4, 0.5) is 4.79 Å². The van der Waals surface area contributed by atoms with Gasteiger partial charge in [-0.3, -0.25) is 4.79 Å². The summed E-state index contributed by atoms with van der Waals surface area (Å²) in [5, 5.41) is 12.2. The van der Waals surface area contributed by atoms with E-state index in [1.807, 2.05) is 12.1 Å². The number of hydrogen-bond acceptors (Lipinski definition) is 3. The molecular weight excluding hydrogens is 380 g/mol. The van der Waals surface area contributed by atoms with Crippen molar-refractivity contribution in [3.8, 4) is 5.75 Å². The molecule has 1 saturated heterocycles. The van der Waals surface area contributed by atoms with E-state index in [4.69, 9.17) is 9.84 Å². The molecule has 3 aliphatic rings. The number of carbonyl (C=O) groups is 2. The Labute approximate surface area is 178 Å². The van der Waals surface area contributed by atoms with Crippen LogP contribution in [0.2, 0.25) is 0 Å². The molecule has 1 saturated carbocycles. The second-order valence-corrected chi connectivity index (χ2v) is 8.89. The van der Waals surface area contributed by atoms with Crippen molar-refractivity contribution in [1.82, 2.24) is 10.2 Å². The number of rotatable bonds is 6. The van der Waals surface area contributed by atoms with E-state index in [1.165, 1.54) is 22.5 Å². The average molecular weight is 413 g/mol. The molecule has 2 amide bonds. The maximum atomic E-state index is 12.4. The monoisotopic (exact) mass is 412 g/mol. The number of carboxylic acid groups (broad SMARTS) is 1. The van der Waals surface area contributed by atoms with Crippen LogP contribution in [0.15, 0.2) is 30.3 Å². The first-order valence-electron chi connectivity index (χ1n) is 11.3. The van der Waals surface area contributed by atoms with E-state index >= 15 is 0 Å². The average Bonchev–Trinajstić information content (AvgIpc) is 2.75. The lowest BCUT2D eigenvalue weighted by molar-refractivity contribution is -0.126. The number of piperidine rings is 1. The van der Waals surface area contributed by atoms with Crippen LogP contribution in [0.5, 0.6) is 5.75 Å². The highest BCUT2D eigenvalue weighted by atomic mass is 16.5. The van der Waals surface area contributed by atoms with Crippen LogP contribution < -0.4 is 10.1 Å². The zero-order valence-electron chi connectivity index (χ0n) is 17.5. The third kappa shape index (κ3) is 5.15. The van der Waals surface area contributed by atoms with Gasteiger partial charge in [0.05, 0.1) is 6.61 Å². The van der Waals surface area contributed by atoms with E-state index in [9.17, 15) is 9.59 Å². The van der Waals surface area contributed by atoms with E-state index in [1.54, 1.807) is 0 Å². The molecule has 0 aromatic heterocycles. The lowest BCUT2D eigenvalue weighted by Crippen LogP contribution is -2.42. The summed E-state index contributed by atoms with van der Waals surface area (Å²) < 4.78 is 5.95. The van der Waals surface area contributed by atoms with Crippen molar-refractivity contribution >= 4 is 17.6 Å². The number of carbonyl (C=O) groups excluding carboxylic acids is 1. The van der Waals surface area contributed by atoms with Gasteiger partial charge in [-0.2, -0.15) is 0 Å². The summed E-state index contributed by atoms with van der Waals surface area (Å²) in [4.78, 5) is 24.8. The predicted molar refractivity (Wildman–Crippen MR) is 115 cm³/mol. The van der Waals surface area contributed by atoms with Gasteiger partial charge in [0.25, 0.3) is 0 Å². The molecule has 6 heteroatoms. The van der Waals surface area contributed by atoms with Gasteiger partial charge >= 0.3 is 6.09 Å². The molecule has 0 spiro atoms. The quantitative estimate of drug-likeness (QED) is 0.730. The Kier molecular flexibility index (Phi) is 6.60. The second kappa shape index (κ2) is 9.54. The van der Waals surface area contributed by atoms with Gasteiger partial charge in [0, 0.05) is 25.0 Å². The van der Waals surface area contributed by atoms with Crippen LogP contribution in [-0.4, -0.2) is 47.7 Å². The van der Waals surface area contributed by atoms with Gasteiger partial charge in [0.1, 0.15) is 5.75 Å². The summed E-state index contributed by atoms with van der Waals surface area (Å²) in [7, 11) is 0. The summed E-state index contributed by atoms with van der Waals surface area (Å²) in [5.74, 6) is 1.61. The number of benzene rings is 1. The van der Waals surface area contributed by atoms with Crippen LogP contribution in [0, 0.1) is 11.8 Å². The maximum Gasteiger partial charge on any atom is 0.407 e. The highest BCUT2D eigenvalue weighted by Gasteiger charge is 2.26. The predicted octanol–water partition coefficient (Wildman–Crippen LogP) is 4.31. The minimum atomic E-state index is -0.827. The smallest absolute Gasteiger partial charge is 0.407 e. The van der Waals surface area contributed by atoms with Gasteiger partial charge < -0.3 is 20.1 Å². The summed E-state index contributed by atoms with van der Waals surface area (Å²) in [5.41, 5.74) is 2.52. The van der Waals surface area contributed by atoms with E-state index in [-0.39, 0.29) is 11.8 Å². The normalized spacial score (nSPS) is 22.7. The lowest BCUT2D eigenvalue weighted by Gasteiger charge is -2.30. The molecule has 1 aliphatic heterocycles. The van der Waals surface area contributed by atoms with Crippen LogP contribution in [0.3, 0.4) is 0 Å². The van der Waals surface area contributed by atoms with Crippen LogP contribution in [0.1, 0.15) is 56.9 Å². The molecule has 2 aliphatic carbocycles. The van der Waals surface area contributed by atoms with Crippen LogP contribution >= 0.6 is 0 Å². The first-order valence-corrected chi connectivity index (χ1v) is 11.3. The van der Waals surface area contributed by atoms with Gasteiger partial charge in [-0.25, -0.2) is 4.79 Å². The number of likely N-dealkylation sites (tertiary alicyclic amines) is 1. The Bertz CT molecular complexity index is 777. The molecule has 4 rings (SSSR count). The molecule has 1 atom stereocenters. The van der Waals surface area contributed by atoms with Crippen LogP contribution in [-0.2, 0) is 4.79 Å². The molecule has 1 heterocycles. The van der Waals surface area contributed by atoms with Gasteiger partial charge in [-0.15, -0.1) is 0 Å². The molecule has 0 bridgehead atoms. The van der Waals surface area contributed by atoms with Crippen molar-refractivity contribution in [2.75, 3.05) is 19.7 Å². The van der Waals surface area contributed by atoms with Crippen molar-refractivity contribution in [2.24, 2.45) is 11.8 Å². The van der Waals surface area contributed by atoms with E-state index in [0.29, 0.717) is 31.7 Å². The van der Waals surface area contributed by atoms with Crippen molar-refractivity contribution < 1.29 is 19.4 Å². The second-order valence-electron chi connectivity index (χ2n) is 8.89. The summed E-state index contributed by atoms with van der Waals surface area (Å²) in [6.07, 6.45) is 9.28. The van der Waals surface area contributed by atoms with Crippen molar-refractivity contribution in [1.29, 1.82) is 0 Å².